The molecule has 7 nitrogen and oxygen atoms in total. The molecule has 3 aromatic rings. The van der Waals surface area contributed by atoms with E-state index in [0.717, 1.165) is 61.8 Å². The minimum absolute atomic E-state index is 0.0524. The number of fused-ring (bicyclic) bond motifs is 2. The first-order valence-corrected chi connectivity index (χ1v) is 12.6. The zero-order valence-corrected chi connectivity index (χ0v) is 20.4. The summed E-state index contributed by atoms with van der Waals surface area (Å²) in [6.07, 6.45) is 4.67. The van der Waals surface area contributed by atoms with E-state index in [-0.39, 0.29) is 23.9 Å². The van der Waals surface area contributed by atoms with Crippen molar-refractivity contribution in [1.29, 1.82) is 0 Å². The van der Waals surface area contributed by atoms with Gasteiger partial charge in [-0.1, -0.05) is 24.4 Å². The van der Waals surface area contributed by atoms with Gasteiger partial charge < -0.3 is 20.1 Å². The molecule has 2 amide bonds. The van der Waals surface area contributed by atoms with Crippen LogP contribution in [0.4, 0.5) is 0 Å². The van der Waals surface area contributed by atoms with Gasteiger partial charge in [0.2, 0.25) is 0 Å². The van der Waals surface area contributed by atoms with Crippen molar-refractivity contribution in [3.63, 3.8) is 0 Å². The Morgan fingerprint density at radius 2 is 2.09 bits per heavy atom. The molecular formula is C24H28ClN5O2S. The standard InChI is InChI=1S/C24H28ClN5O2S/c1-29-10-9-18-21(13-29)33-23(28-18)24(32)30(2)20-6-4-3-5-17(20)27-22(31)19-12-14-11-15(25)7-8-16(14)26-19/h7-8,11-12,17,20,26H,3-6,9-10,13H2,1-2H3,(H,27,31)/t17-,20+/m0/s1. The first-order valence-electron chi connectivity index (χ1n) is 11.4. The van der Waals surface area contributed by atoms with Gasteiger partial charge >= 0.3 is 0 Å². The summed E-state index contributed by atoms with van der Waals surface area (Å²) in [4.78, 5) is 39.4. The number of amides is 2. The first-order chi connectivity index (χ1) is 15.9. The van der Waals surface area contributed by atoms with E-state index in [1.165, 1.54) is 16.2 Å². The van der Waals surface area contributed by atoms with Gasteiger partial charge in [-0.25, -0.2) is 4.98 Å². The van der Waals surface area contributed by atoms with Gasteiger partial charge in [-0.15, -0.1) is 11.3 Å². The van der Waals surface area contributed by atoms with E-state index in [4.69, 9.17) is 11.6 Å². The maximum Gasteiger partial charge on any atom is 0.282 e. The van der Waals surface area contributed by atoms with Crippen LogP contribution in [0.1, 0.15) is 56.5 Å². The van der Waals surface area contributed by atoms with Crippen molar-refractivity contribution >= 4 is 45.7 Å². The third kappa shape index (κ3) is 4.52. The van der Waals surface area contributed by atoms with Crippen LogP contribution in [0.15, 0.2) is 24.3 Å². The van der Waals surface area contributed by atoms with E-state index in [2.05, 4.69) is 27.2 Å². The number of carbonyl (C=O) groups excluding carboxylic acids is 2. The van der Waals surface area contributed by atoms with Gasteiger partial charge in [-0.3, -0.25) is 9.59 Å². The molecule has 1 aliphatic heterocycles. The molecule has 5 rings (SSSR count). The van der Waals surface area contributed by atoms with Crippen molar-refractivity contribution in [2.45, 2.75) is 50.7 Å². The number of benzene rings is 1. The van der Waals surface area contributed by atoms with Crippen LogP contribution in [0, 0.1) is 0 Å². The van der Waals surface area contributed by atoms with Crippen LogP contribution >= 0.6 is 22.9 Å². The third-order valence-electron chi connectivity index (χ3n) is 6.80. The van der Waals surface area contributed by atoms with Crippen molar-refractivity contribution in [1.82, 2.24) is 25.1 Å². The zero-order chi connectivity index (χ0) is 23.1. The number of H-pyrrole nitrogens is 1. The Kier molecular flexibility index (Phi) is 6.16. The molecule has 3 heterocycles. The molecule has 2 aliphatic rings. The second-order valence-corrected chi connectivity index (χ2v) is 10.7. The summed E-state index contributed by atoms with van der Waals surface area (Å²) in [7, 11) is 3.93. The van der Waals surface area contributed by atoms with Crippen molar-refractivity contribution in [3.8, 4) is 0 Å². The van der Waals surface area contributed by atoms with Crippen molar-refractivity contribution in [2.75, 3.05) is 20.6 Å². The van der Waals surface area contributed by atoms with Crippen LogP contribution in [0.3, 0.4) is 0 Å². The molecule has 0 unspecified atom stereocenters. The summed E-state index contributed by atoms with van der Waals surface area (Å²) in [6, 6.07) is 7.17. The van der Waals surface area contributed by atoms with E-state index in [1.54, 1.807) is 11.0 Å². The number of hydrogen-bond donors (Lipinski definition) is 2. The molecule has 2 N–H and O–H groups in total. The number of nitrogens with zero attached hydrogens (tertiary/aromatic N) is 3. The van der Waals surface area contributed by atoms with Crippen LogP contribution in [0.5, 0.6) is 0 Å². The van der Waals surface area contributed by atoms with Crippen molar-refractivity contribution in [2.24, 2.45) is 0 Å². The fourth-order valence-corrected chi connectivity index (χ4v) is 6.28. The number of hydrogen-bond acceptors (Lipinski definition) is 5. The Morgan fingerprint density at radius 1 is 1.27 bits per heavy atom. The quantitative estimate of drug-likeness (QED) is 0.583. The zero-order valence-electron chi connectivity index (χ0n) is 18.9. The van der Waals surface area contributed by atoms with Crippen LogP contribution < -0.4 is 5.32 Å². The Labute approximate surface area is 202 Å². The number of aromatic nitrogens is 2. The molecule has 0 bridgehead atoms. The minimum atomic E-state index is -0.159. The highest BCUT2D eigenvalue weighted by Crippen LogP contribution is 2.28. The molecule has 174 valence electrons. The van der Waals surface area contributed by atoms with Gasteiger partial charge in [-0.2, -0.15) is 0 Å². The fourth-order valence-electron chi connectivity index (χ4n) is 4.93. The predicted molar refractivity (Wildman–Crippen MR) is 131 cm³/mol. The second kappa shape index (κ2) is 9.08. The summed E-state index contributed by atoms with van der Waals surface area (Å²) in [5.74, 6) is -0.212. The SMILES string of the molecule is CN1CCc2nc(C(=O)N(C)[C@@H]3CCCC[C@@H]3NC(=O)c3cc4cc(Cl)ccc4[nH]3)sc2C1. The maximum absolute atomic E-state index is 13.3. The lowest BCUT2D eigenvalue weighted by Gasteiger charge is -2.38. The summed E-state index contributed by atoms with van der Waals surface area (Å²) in [6.45, 7) is 1.82. The van der Waals surface area contributed by atoms with E-state index in [0.29, 0.717) is 15.7 Å². The smallest absolute Gasteiger partial charge is 0.282 e. The number of rotatable bonds is 4. The Bertz CT molecular complexity index is 1200. The number of nitrogens with one attached hydrogen (secondary N) is 2. The Morgan fingerprint density at radius 3 is 2.94 bits per heavy atom. The van der Waals surface area contributed by atoms with Gasteiger partial charge in [-0.05, 0) is 44.2 Å². The number of aromatic amines is 1. The van der Waals surface area contributed by atoms with Crippen molar-refractivity contribution in [3.05, 3.63) is 50.6 Å². The third-order valence-corrected chi connectivity index (χ3v) is 8.10. The van der Waals surface area contributed by atoms with Crippen molar-refractivity contribution < 1.29 is 9.59 Å². The molecule has 2 aromatic heterocycles. The molecule has 0 spiro atoms. The van der Waals surface area contributed by atoms with Crippen LogP contribution in [-0.2, 0) is 13.0 Å². The molecule has 1 aliphatic carbocycles. The molecule has 2 atom stereocenters. The Hall–Kier alpha value is -2.42. The van der Waals surface area contributed by atoms with E-state index < -0.39 is 0 Å². The lowest BCUT2D eigenvalue weighted by molar-refractivity contribution is 0.0625. The number of carbonyl (C=O) groups is 2. The number of likely N-dealkylation sites (N-methyl/N-ethyl adjacent to an activating group) is 2. The summed E-state index contributed by atoms with van der Waals surface area (Å²) < 4.78 is 0. The highest BCUT2D eigenvalue weighted by atomic mass is 35.5. The van der Waals surface area contributed by atoms with Gasteiger partial charge in [0.1, 0.15) is 5.69 Å². The van der Waals surface area contributed by atoms with Crippen LogP contribution in [-0.4, -0.2) is 64.3 Å². The predicted octanol–water partition coefficient (Wildman–Crippen LogP) is 4.08. The minimum Gasteiger partial charge on any atom is -0.351 e. The number of thiazole rings is 1. The highest BCUT2D eigenvalue weighted by Gasteiger charge is 2.34. The number of halogens is 1. The molecule has 33 heavy (non-hydrogen) atoms. The van der Waals surface area contributed by atoms with Crippen LogP contribution in [0.2, 0.25) is 5.02 Å². The van der Waals surface area contributed by atoms with Gasteiger partial charge in [0.05, 0.1) is 11.7 Å². The Balaban J connectivity index is 1.31. The molecule has 1 fully saturated rings. The fraction of sp³-hybridized carbons (Fsp3) is 0.458. The lowest BCUT2D eigenvalue weighted by atomic mass is 9.89. The molecule has 1 aromatic carbocycles. The van der Waals surface area contributed by atoms with Gasteiger partial charge in [0.25, 0.3) is 11.8 Å². The molecule has 0 saturated heterocycles. The molecule has 9 heteroatoms. The summed E-state index contributed by atoms with van der Waals surface area (Å²) in [5.41, 5.74) is 2.43. The topological polar surface area (TPSA) is 81.3 Å². The summed E-state index contributed by atoms with van der Waals surface area (Å²) in [5, 5.41) is 5.28. The highest BCUT2D eigenvalue weighted by molar-refractivity contribution is 7.13. The maximum atomic E-state index is 13.3. The van der Waals surface area contributed by atoms with E-state index in [1.807, 2.05) is 25.2 Å². The van der Waals surface area contributed by atoms with E-state index >= 15 is 0 Å². The van der Waals surface area contributed by atoms with Gasteiger partial charge in [0.15, 0.2) is 5.01 Å². The average molecular weight is 486 g/mol. The monoisotopic (exact) mass is 485 g/mol. The normalized spacial score (nSPS) is 21.1. The summed E-state index contributed by atoms with van der Waals surface area (Å²) >= 11 is 7.59. The van der Waals surface area contributed by atoms with E-state index in [9.17, 15) is 9.59 Å². The average Bonchev–Trinajstić information content (AvgIpc) is 3.42. The second-order valence-electron chi connectivity index (χ2n) is 9.14. The van der Waals surface area contributed by atoms with Crippen LogP contribution in [0.25, 0.3) is 10.9 Å². The molecule has 0 radical (unpaired) electrons. The molecule has 1 saturated carbocycles. The largest absolute Gasteiger partial charge is 0.351 e. The first kappa shape index (κ1) is 22.4. The molecular weight excluding hydrogens is 458 g/mol. The van der Waals surface area contributed by atoms with Gasteiger partial charge in [0, 0.05) is 53.4 Å². The lowest BCUT2D eigenvalue weighted by Crippen LogP contribution is -2.53.